The zero-order valence-corrected chi connectivity index (χ0v) is 11.6. The van der Waals surface area contributed by atoms with Crippen molar-refractivity contribution in [3.05, 3.63) is 17.1 Å². The van der Waals surface area contributed by atoms with E-state index in [-0.39, 0.29) is 0 Å². The van der Waals surface area contributed by atoms with Crippen LogP contribution in [0.5, 0.6) is 0 Å². The van der Waals surface area contributed by atoms with Crippen molar-refractivity contribution >= 4 is 17.6 Å². The number of aryl methyl sites for hydroxylation is 1. The Hall–Kier alpha value is -0.770. The molecule has 0 unspecified atom stereocenters. The average Bonchev–Trinajstić information content (AvgIpc) is 2.55. The predicted octanol–water partition coefficient (Wildman–Crippen LogP) is 3.04. The van der Waals surface area contributed by atoms with Crippen molar-refractivity contribution in [1.29, 1.82) is 0 Å². The minimum atomic E-state index is 0.908. The molecule has 0 aliphatic heterocycles. The zero-order valence-electron chi connectivity index (χ0n) is 10.8. The molecule has 3 nitrogen and oxygen atoms in total. The molecule has 1 heterocycles. The number of hydrogen-bond donors (Lipinski definition) is 1. The van der Waals surface area contributed by atoms with Gasteiger partial charge in [0.15, 0.2) is 0 Å². The number of thioether (sulfide) groups is 1. The summed E-state index contributed by atoms with van der Waals surface area (Å²) in [6.07, 6.45) is 8.22. The summed E-state index contributed by atoms with van der Waals surface area (Å²) in [5, 5.41) is 3.40. The van der Waals surface area contributed by atoms with Gasteiger partial charge in [0.25, 0.3) is 0 Å². The molecular formula is C13H21N3S. The van der Waals surface area contributed by atoms with Crippen LogP contribution in [0.3, 0.4) is 0 Å². The van der Waals surface area contributed by atoms with Gasteiger partial charge in [0, 0.05) is 17.8 Å². The molecule has 0 saturated carbocycles. The first-order valence-electron chi connectivity index (χ1n) is 6.46. The first-order valence-corrected chi connectivity index (χ1v) is 7.86. The molecule has 0 bridgehead atoms. The molecule has 0 atom stereocenters. The molecule has 0 spiro atoms. The summed E-state index contributed by atoms with van der Waals surface area (Å²) < 4.78 is 0. The minimum absolute atomic E-state index is 0.908. The van der Waals surface area contributed by atoms with Gasteiger partial charge in [-0.3, -0.25) is 0 Å². The summed E-state index contributed by atoms with van der Waals surface area (Å²) in [6.45, 7) is 3.06. The van der Waals surface area contributed by atoms with Gasteiger partial charge in [-0.1, -0.05) is 6.42 Å². The van der Waals surface area contributed by atoms with Gasteiger partial charge in [-0.15, -0.1) is 0 Å². The molecular weight excluding hydrogens is 230 g/mol. The normalized spacial score (nSPS) is 15.2. The summed E-state index contributed by atoms with van der Waals surface area (Å²) in [6, 6.07) is 0. The van der Waals surface area contributed by atoms with E-state index in [9.17, 15) is 0 Å². The molecule has 0 amide bonds. The summed E-state index contributed by atoms with van der Waals surface area (Å²) in [7, 11) is 0. The average molecular weight is 251 g/mol. The van der Waals surface area contributed by atoms with E-state index in [0.29, 0.717) is 0 Å². The van der Waals surface area contributed by atoms with Gasteiger partial charge in [-0.2, -0.15) is 11.8 Å². The van der Waals surface area contributed by atoms with E-state index in [1.54, 1.807) is 11.8 Å². The SMILES string of the molecule is CCNc1nc(CSC)nc2c1CCCCC2. The number of hydrogen-bond acceptors (Lipinski definition) is 4. The van der Waals surface area contributed by atoms with Crippen LogP contribution in [0.25, 0.3) is 0 Å². The van der Waals surface area contributed by atoms with E-state index in [0.717, 1.165) is 36.8 Å². The molecule has 94 valence electrons. The highest BCUT2D eigenvalue weighted by Crippen LogP contribution is 2.25. The van der Waals surface area contributed by atoms with Crippen LogP contribution in [0, 0.1) is 0 Å². The number of fused-ring (bicyclic) bond motifs is 1. The molecule has 1 aromatic heterocycles. The molecule has 1 aliphatic rings. The fraction of sp³-hybridized carbons (Fsp3) is 0.692. The van der Waals surface area contributed by atoms with Crippen LogP contribution in [0.4, 0.5) is 5.82 Å². The van der Waals surface area contributed by atoms with E-state index in [1.807, 2.05) is 0 Å². The third-order valence-electron chi connectivity index (χ3n) is 3.10. The molecule has 0 radical (unpaired) electrons. The molecule has 0 saturated heterocycles. The van der Waals surface area contributed by atoms with Crippen LogP contribution in [0.2, 0.25) is 0 Å². The lowest BCUT2D eigenvalue weighted by Gasteiger charge is -2.13. The first-order chi connectivity index (χ1) is 8.35. The van der Waals surface area contributed by atoms with Gasteiger partial charge in [0.05, 0.1) is 5.75 Å². The Morgan fingerprint density at radius 1 is 1.18 bits per heavy atom. The van der Waals surface area contributed by atoms with Crippen LogP contribution in [-0.4, -0.2) is 22.8 Å². The number of nitrogens with zero attached hydrogens (tertiary/aromatic N) is 2. The van der Waals surface area contributed by atoms with E-state index in [1.165, 1.54) is 30.5 Å². The fourth-order valence-corrected chi connectivity index (χ4v) is 2.72. The maximum Gasteiger partial charge on any atom is 0.140 e. The predicted molar refractivity (Wildman–Crippen MR) is 74.7 cm³/mol. The van der Waals surface area contributed by atoms with Crippen molar-refractivity contribution in [3.63, 3.8) is 0 Å². The van der Waals surface area contributed by atoms with Crippen molar-refractivity contribution in [2.75, 3.05) is 18.1 Å². The molecule has 0 aromatic carbocycles. The van der Waals surface area contributed by atoms with Crippen molar-refractivity contribution in [2.45, 2.75) is 44.8 Å². The lowest BCUT2D eigenvalue weighted by molar-refractivity contribution is 0.708. The summed E-state index contributed by atoms with van der Waals surface area (Å²) >= 11 is 1.78. The second kappa shape index (κ2) is 6.24. The Morgan fingerprint density at radius 3 is 2.76 bits per heavy atom. The summed E-state index contributed by atoms with van der Waals surface area (Å²) in [5.41, 5.74) is 2.66. The summed E-state index contributed by atoms with van der Waals surface area (Å²) in [5.74, 6) is 2.98. The first kappa shape index (κ1) is 12.7. The number of aromatic nitrogens is 2. The van der Waals surface area contributed by atoms with Crippen LogP contribution in [0.1, 0.15) is 43.3 Å². The van der Waals surface area contributed by atoms with Gasteiger partial charge in [-0.05, 0) is 38.9 Å². The standard InChI is InChI=1S/C13H21N3S/c1-3-14-13-10-7-5-4-6-8-11(10)15-12(16-13)9-17-2/h3-9H2,1-2H3,(H,14,15,16). The van der Waals surface area contributed by atoms with Gasteiger partial charge in [0.1, 0.15) is 11.6 Å². The topological polar surface area (TPSA) is 37.8 Å². The Labute approximate surface area is 108 Å². The number of rotatable bonds is 4. The van der Waals surface area contributed by atoms with E-state index >= 15 is 0 Å². The maximum atomic E-state index is 4.73. The second-order valence-corrected chi connectivity index (χ2v) is 5.30. The van der Waals surface area contributed by atoms with Crippen molar-refractivity contribution in [1.82, 2.24) is 9.97 Å². The number of anilines is 1. The van der Waals surface area contributed by atoms with Crippen molar-refractivity contribution < 1.29 is 0 Å². The summed E-state index contributed by atoms with van der Waals surface area (Å²) in [4.78, 5) is 9.40. The molecule has 2 rings (SSSR count). The van der Waals surface area contributed by atoms with Crippen LogP contribution in [-0.2, 0) is 18.6 Å². The monoisotopic (exact) mass is 251 g/mol. The Morgan fingerprint density at radius 2 is 2.00 bits per heavy atom. The van der Waals surface area contributed by atoms with E-state index < -0.39 is 0 Å². The lowest BCUT2D eigenvalue weighted by Crippen LogP contribution is -2.10. The zero-order chi connectivity index (χ0) is 12.1. The van der Waals surface area contributed by atoms with Gasteiger partial charge >= 0.3 is 0 Å². The Kier molecular flexibility index (Phi) is 4.66. The minimum Gasteiger partial charge on any atom is -0.370 e. The third-order valence-corrected chi connectivity index (χ3v) is 3.64. The molecule has 1 aliphatic carbocycles. The largest absolute Gasteiger partial charge is 0.370 e. The Balaban J connectivity index is 2.36. The second-order valence-electron chi connectivity index (χ2n) is 4.44. The highest BCUT2D eigenvalue weighted by molar-refractivity contribution is 7.97. The maximum absolute atomic E-state index is 4.73. The smallest absolute Gasteiger partial charge is 0.140 e. The van der Waals surface area contributed by atoms with Gasteiger partial charge in [0.2, 0.25) is 0 Å². The van der Waals surface area contributed by atoms with E-state index in [2.05, 4.69) is 23.5 Å². The molecule has 17 heavy (non-hydrogen) atoms. The van der Waals surface area contributed by atoms with Gasteiger partial charge in [-0.25, -0.2) is 9.97 Å². The van der Waals surface area contributed by atoms with Gasteiger partial charge < -0.3 is 5.32 Å². The molecule has 1 aromatic rings. The van der Waals surface area contributed by atoms with E-state index in [4.69, 9.17) is 4.98 Å². The quantitative estimate of drug-likeness (QED) is 0.835. The van der Waals surface area contributed by atoms with Crippen molar-refractivity contribution in [3.8, 4) is 0 Å². The van der Waals surface area contributed by atoms with Crippen LogP contribution < -0.4 is 5.32 Å². The Bertz CT molecular complexity index is 379. The molecule has 0 fully saturated rings. The molecule has 1 N–H and O–H groups in total. The van der Waals surface area contributed by atoms with Crippen molar-refractivity contribution in [2.24, 2.45) is 0 Å². The third kappa shape index (κ3) is 3.12. The lowest BCUT2D eigenvalue weighted by atomic mass is 10.1. The molecule has 4 heteroatoms. The fourth-order valence-electron chi connectivity index (χ4n) is 2.33. The van der Waals surface area contributed by atoms with Crippen LogP contribution >= 0.6 is 11.8 Å². The van der Waals surface area contributed by atoms with Crippen LogP contribution in [0.15, 0.2) is 0 Å². The highest BCUT2D eigenvalue weighted by atomic mass is 32.2. The highest BCUT2D eigenvalue weighted by Gasteiger charge is 2.16. The number of nitrogens with one attached hydrogen (secondary N) is 1.